The van der Waals surface area contributed by atoms with Crippen molar-refractivity contribution in [2.45, 2.75) is 84.3 Å². The van der Waals surface area contributed by atoms with E-state index in [-0.39, 0.29) is 5.91 Å². The van der Waals surface area contributed by atoms with Crippen molar-refractivity contribution in [2.75, 3.05) is 19.6 Å². The van der Waals surface area contributed by atoms with Crippen molar-refractivity contribution in [2.24, 2.45) is 0 Å². The quantitative estimate of drug-likeness (QED) is 0.609. The molecule has 1 amide bonds. The molecule has 21 heavy (non-hydrogen) atoms. The number of nitrogens with zero attached hydrogens (tertiary/aromatic N) is 1. The molecule has 2 N–H and O–H groups in total. The molecule has 4 nitrogen and oxygen atoms in total. The van der Waals surface area contributed by atoms with Crippen LogP contribution in [0.3, 0.4) is 0 Å². The van der Waals surface area contributed by atoms with Gasteiger partial charge in [0.2, 0.25) is 5.91 Å². The van der Waals surface area contributed by atoms with Gasteiger partial charge >= 0.3 is 0 Å². The number of hydrogen-bond acceptors (Lipinski definition) is 3. The summed E-state index contributed by atoms with van der Waals surface area (Å²) < 4.78 is 0. The molecule has 0 aromatic heterocycles. The minimum atomic E-state index is 0.172. The molecule has 2 unspecified atom stereocenters. The Hall–Kier alpha value is -0.610. The molecule has 0 aromatic carbocycles. The predicted molar refractivity (Wildman–Crippen MR) is 89.5 cm³/mol. The van der Waals surface area contributed by atoms with E-state index in [1.807, 2.05) is 0 Å². The summed E-state index contributed by atoms with van der Waals surface area (Å²) in [7, 11) is 0. The number of unbranched alkanes of at least 4 members (excludes halogenated alkanes) is 2. The number of rotatable bonds is 10. The van der Waals surface area contributed by atoms with Gasteiger partial charge in [0.25, 0.3) is 0 Å². The zero-order chi connectivity index (χ0) is 15.7. The van der Waals surface area contributed by atoms with Crippen LogP contribution in [0.5, 0.6) is 0 Å². The van der Waals surface area contributed by atoms with Gasteiger partial charge in [0.15, 0.2) is 0 Å². The summed E-state index contributed by atoms with van der Waals surface area (Å²) in [5.74, 6) is 0.172. The summed E-state index contributed by atoms with van der Waals surface area (Å²) in [6, 6.07) is 1.26. The highest BCUT2D eigenvalue weighted by atomic mass is 16.2. The molecule has 1 rings (SSSR count). The van der Waals surface area contributed by atoms with Crippen LogP contribution in [0.1, 0.15) is 66.2 Å². The fourth-order valence-corrected chi connectivity index (χ4v) is 2.93. The molecule has 0 bridgehead atoms. The summed E-state index contributed by atoms with van der Waals surface area (Å²) in [5, 5.41) is 6.66. The maximum absolute atomic E-state index is 12.2. The highest BCUT2D eigenvalue weighted by molar-refractivity contribution is 5.78. The zero-order valence-electron chi connectivity index (χ0n) is 14.5. The lowest BCUT2D eigenvalue weighted by atomic mass is 10.1. The van der Waals surface area contributed by atoms with Gasteiger partial charge in [0.05, 0.1) is 6.54 Å². The van der Waals surface area contributed by atoms with E-state index in [0.29, 0.717) is 24.7 Å². The average molecular weight is 297 g/mol. The number of carbonyl (C=O) groups excluding carboxylic acids is 1. The van der Waals surface area contributed by atoms with E-state index in [4.69, 9.17) is 0 Å². The molecule has 0 spiro atoms. The summed E-state index contributed by atoms with van der Waals surface area (Å²) in [6.45, 7) is 11.3. The SMILES string of the molecule is CCCCCC(C)NC(=O)CN(CC1CCCN1)C(C)C. The van der Waals surface area contributed by atoms with Crippen molar-refractivity contribution < 1.29 is 4.79 Å². The van der Waals surface area contributed by atoms with Gasteiger partial charge in [0, 0.05) is 24.7 Å². The fraction of sp³-hybridized carbons (Fsp3) is 0.941. The topological polar surface area (TPSA) is 44.4 Å². The number of nitrogens with one attached hydrogen (secondary N) is 2. The van der Waals surface area contributed by atoms with Crippen LogP contribution in [0.2, 0.25) is 0 Å². The average Bonchev–Trinajstić information content (AvgIpc) is 2.91. The van der Waals surface area contributed by atoms with Crippen molar-refractivity contribution in [3.8, 4) is 0 Å². The van der Waals surface area contributed by atoms with Gasteiger partial charge in [-0.1, -0.05) is 26.2 Å². The van der Waals surface area contributed by atoms with Crippen molar-refractivity contribution in [1.82, 2.24) is 15.5 Å². The Morgan fingerprint density at radius 2 is 2.10 bits per heavy atom. The maximum Gasteiger partial charge on any atom is 0.234 e. The second kappa shape index (κ2) is 10.2. The van der Waals surface area contributed by atoms with Crippen LogP contribution in [0.15, 0.2) is 0 Å². The third-order valence-corrected chi connectivity index (χ3v) is 4.34. The van der Waals surface area contributed by atoms with Crippen molar-refractivity contribution >= 4 is 5.91 Å². The Morgan fingerprint density at radius 1 is 1.33 bits per heavy atom. The van der Waals surface area contributed by atoms with E-state index in [1.165, 1.54) is 32.1 Å². The zero-order valence-corrected chi connectivity index (χ0v) is 14.5. The van der Waals surface area contributed by atoms with Crippen molar-refractivity contribution in [3.63, 3.8) is 0 Å². The first-order chi connectivity index (χ1) is 10.0. The molecule has 2 atom stereocenters. The van der Waals surface area contributed by atoms with Crippen molar-refractivity contribution in [3.05, 3.63) is 0 Å². The van der Waals surface area contributed by atoms with Gasteiger partial charge in [-0.15, -0.1) is 0 Å². The van der Waals surface area contributed by atoms with Gasteiger partial charge < -0.3 is 10.6 Å². The van der Waals surface area contributed by atoms with Crippen LogP contribution in [-0.4, -0.2) is 48.6 Å². The second-order valence-electron chi connectivity index (χ2n) is 6.78. The van der Waals surface area contributed by atoms with Crippen LogP contribution in [0.25, 0.3) is 0 Å². The Kier molecular flexibility index (Phi) is 8.93. The van der Waals surface area contributed by atoms with Crippen LogP contribution < -0.4 is 10.6 Å². The Bertz CT molecular complexity index is 288. The molecule has 0 saturated carbocycles. The van der Waals surface area contributed by atoms with Crippen LogP contribution in [-0.2, 0) is 4.79 Å². The van der Waals surface area contributed by atoms with Crippen LogP contribution >= 0.6 is 0 Å². The monoisotopic (exact) mass is 297 g/mol. The largest absolute Gasteiger partial charge is 0.353 e. The van der Waals surface area contributed by atoms with E-state index in [0.717, 1.165) is 19.5 Å². The van der Waals surface area contributed by atoms with Gasteiger partial charge in [-0.05, 0) is 46.6 Å². The molecule has 0 aromatic rings. The van der Waals surface area contributed by atoms with Gasteiger partial charge in [-0.3, -0.25) is 9.69 Å². The Balaban J connectivity index is 2.30. The number of carbonyl (C=O) groups is 1. The second-order valence-corrected chi connectivity index (χ2v) is 6.78. The Morgan fingerprint density at radius 3 is 2.67 bits per heavy atom. The first-order valence-electron chi connectivity index (χ1n) is 8.79. The third-order valence-electron chi connectivity index (χ3n) is 4.34. The van der Waals surface area contributed by atoms with Crippen molar-refractivity contribution in [1.29, 1.82) is 0 Å². The Labute approximate surface area is 131 Å². The molecule has 1 aliphatic rings. The highest BCUT2D eigenvalue weighted by Gasteiger charge is 2.21. The van der Waals surface area contributed by atoms with E-state index in [9.17, 15) is 4.79 Å². The van der Waals surface area contributed by atoms with Gasteiger partial charge in [-0.2, -0.15) is 0 Å². The minimum Gasteiger partial charge on any atom is -0.353 e. The van der Waals surface area contributed by atoms with E-state index in [1.54, 1.807) is 0 Å². The lowest BCUT2D eigenvalue weighted by Crippen LogP contribution is -2.47. The minimum absolute atomic E-state index is 0.172. The van der Waals surface area contributed by atoms with Gasteiger partial charge in [0.1, 0.15) is 0 Å². The summed E-state index contributed by atoms with van der Waals surface area (Å²) in [6.07, 6.45) is 7.28. The molecular formula is C17H35N3O. The van der Waals surface area contributed by atoms with Crippen LogP contribution in [0, 0.1) is 0 Å². The number of amides is 1. The lowest BCUT2D eigenvalue weighted by molar-refractivity contribution is -0.123. The molecule has 0 radical (unpaired) electrons. The first kappa shape index (κ1) is 18.4. The number of hydrogen-bond donors (Lipinski definition) is 2. The highest BCUT2D eigenvalue weighted by Crippen LogP contribution is 2.09. The lowest BCUT2D eigenvalue weighted by Gasteiger charge is -2.29. The van der Waals surface area contributed by atoms with Crippen LogP contribution in [0.4, 0.5) is 0 Å². The van der Waals surface area contributed by atoms with E-state index in [2.05, 4.69) is 43.2 Å². The summed E-state index contributed by atoms with van der Waals surface area (Å²) in [4.78, 5) is 14.5. The normalized spacial score (nSPS) is 20.2. The van der Waals surface area contributed by atoms with Gasteiger partial charge in [-0.25, -0.2) is 0 Å². The molecule has 1 saturated heterocycles. The smallest absolute Gasteiger partial charge is 0.234 e. The predicted octanol–water partition coefficient (Wildman–Crippen LogP) is 2.53. The molecule has 4 heteroatoms. The third kappa shape index (κ3) is 7.82. The first-order valence-corrected chi connectivity index (χ1v) is 8.79. The van der Waals surface area contributed by atoms with E-state index >= 15 is 0 Å². The summed E-state index contributed by atoms with van der Waals surface area (Å²) in [5.41, 5.74) is 0. The molecule has 124 valence electrons. The molecular weight excluding hydrogens is 262 g/mol. The molecule has 1 heterocycles. The fourth-order valence-electron chi connectivity index (χ4n) is 2.93. The molecule has 1 fully saturated rings. The standard InChI is InChI=1S/C17H35N3O/c1-5-6-7-9-15(4)19-17(21)13-20(14(2)3)12-16-10-8-11-18-16/h14-16,18H,5-13H2,1-4H3,(H,19,21). The molecule has 0 aliphatic carbocycles. The van der Waals surface area contributed by atoms with E-state index < -0.39 is 0 Å². The summed E-state index contributed by atoms with van der Waals surface area (Å²) >= 11 is 0. The maximum atomic E-state index is 12.2. The molecule has 1 aliphatic heterocycles.